The van der Waals surface area contributed by atoms with Crippen molar-refractivity contribution in [2.24, 2.45) is 11.3 Å². The number of amides is 1. The van der Waals surface area contributed by atoms with Crippen molar-refractivity contribution in [3.8, 4) is 0 Å². The Kier molecular flexibility index (Phi) is 4.69. The van der Waals surface area contributed by atoms with E-state index in [1.165, 1.54) is 11.8 Å². The average molecular weight is 380 g/mol. The lowest BCUT2D eigenvalue weighted by Crippen LogP contribution is -2.44. The summed E-state index contributed by atoms with van der Waals surface area (Å²) in [5.41, 5.74) is 2.83. The van der Waals surface area contributed by atoms with E-state index in [1.807, 2.05) is 6.07 Å². The molecule has 0 aromatic carbocycles. The fourth-order valence-corrected chi connectivity index (χ4v) is 4.43. The van der Waals surface area contributed by atoms with Crippen molar-refractivity contribution in [2.45, 2.75) is 51.6 Å². The summed E-state index contributed by atoms with van der Waals surface area (Å²) in [5.74, 6) is 0.999. The third kappa shape index (κ3) is 3.41. The first kappa shape index (κ1) is 18.7. The number of allylic oxidation sites excluding steroid dienone is 1. The normalized spacial score (nSPS) is 27.8. The summed E-state index contributed by atoms with van der Waals surface area (Å²) in [7, 11) is 1.78. The third-order valence-electron chi connectivity index (χ3n) is 6.16. The lowest BCUT2D eigenvalue weighted by atomic mass is 9.97. The molecule has 0 radical (unpaired) electrons. The molecule has 1 aromatic rings. The van der Waals surface area contributed by atoms with Crippen molar-refractivity contribution < 1.29 is 4.79 Å². The zero-order valence-electron chi connectivity index (χ0n) is 16.7. The first-order chi connectivity index (χ1) is 13.4. The van der Waals surface area contributed by atoms with E-state index in [9.17, 15) is 4.79 Å². The largest absolute Gasteiger partial charge is 0.392 e. The van der Waals surface area contributed by atoms with E-state index in [2.05, 4.69) is 45.4 Å². The van der Waals surface area contributed by atoms with Crippen LogP contribution in [0.4, 0.5) is 5.95 Å². The minimum Gasteiger partial charge on any atom is -0.392 e. The minimum atomic E-state index is 0.168. The van der Waals surface area contributed by atoms with E-state index < -0.39 is 0 Å². The molecule has 2 aliphatic heterocycles. The van der Waals surface area contributed by atoms with Crippen LogP contribution in [0.5, 0.6) is 0 Å². The number of anilines is 1. The highest BCUT2D eigenvalue weighted by Gasteiger charge is 2.54. The number of aromatic nitrogens is 2. The van der Waals surface area contributed by atoms with Gasteiger partial charge in [0.25, 0.3) is 0 Å². The number of carbonyl (C=O) groups is 1. The SMILES string of the molecule is CN/C=C(\C=N)Nc1nccc(C2=CC3CCC(C2)N3C(=O)C2CC2(C)C)n1. The van der Waals surface area contributed by atoms with Crippen LogP contribution in [0.2, 0.25) is 0 Å². The van der Waals surface area contributed by atoms with Crippen LogP contribution in [0.15, 0.2) is 30.2 Å². The number of fused-ring (bicyclic) bond motifs is 2. The van der Waals surface area contributed by atoms with Crippen LogP contribution in [0, 0.1) is 16.7 Å². The number of nitrogens with zero attached hydrogens (tertiary/aromatic N) is 3. The van der Waals surface area contributed by atoms with Gasteiger partial charge in [-0.25, -0.2) is 9.97 Å². The number of hydrogen-bond donors (Lipinski definition) is 3. The molecule has 7 heteroatoms. The van der Waals surface area contributed by atoms with E-state index in [0.29, 0.717) is 17.6 Å². The second-order valence-electron chi connectivity index (χ2n) is 8.61. The maximum Gasteiger partial charge on any atom is 0.227 e. The summed E-state index contributed by atoms with van der Waals surface area (Å²) in [6.07, 6.45) is 10.8. The van der Waals surface area contributed by atoms with Gasteiger partial charge in [0.05, 0.1) is 17.4 Å². The zero-order valence-corrected chi connectivity index (χ0v) is 16.7. The Hall–Kier alpha value is -2.70. The standard InChI is InChI=1S/C21H28N6O/c1-21(2)10-17(21)19(28)27-15-4-5-16(27)9-13(8-15)18-6-7-24-20(26-18)25-14(11-22)12-23-3/h6-8,11-12,15-17,22-23H,4-5,9-10H2,1-3H3,(H,24,25,26)/b14-12+,22-11?. The fourth-order valence-electron chi connectivity index (χ4n) is 4.43. The van der Waals surface area contributed by atoms with Gasteiger partial charge in [0.1, 0.15) is 0 Å². The fraction of sp³-hybridized carbons (Fsp3) is 0.524. The number of rotatable bonds is 6. The van der Waals surface area contributed by atoms with E-state index in [0.717, 1.165) is 31.4 Å². The molecule has 0 spiro atoms. The second-order valence-corrected chi connectivity index (χ2v) is 8.61. The Balaban J connectivity index is 1.53. The summed E-state index contributed by atoms with van der Waals surface area (Å²) in [6.45, 7) is 4.37. The predicted octanol–water partition coefficient (Wildman–Crippen LogP) is 2.79. The van der Waals surface area contributed by atoms with Crippen LogP contribution in [0.1, 0.15) is 45.2 Å². The molecule has 28 heavy (non-hydrogen) atoms. The van der Waals surface area contributed by atoms with Crippen molar-refractivity contribution in [1.82, 2.24) is 20.2 Å². The zero-order chi connectivity index (χ0) is 19.9. The maximum absolute atomic E-state index is 13.0. The molecule has 3 unspecified atom stereocenters. The molecule has 148 valence electrons. The van der Waals surface area contributed by atoms with Crippen LogP contribution in [0.25, 0.3) is 5.57 Å². The number of carbonyl (C=O) groups excluding carboxylic acids is 1. The lowest BCUT2D eigenvalue weighted by molar-refractivity contribution is -0.135. The molecule has 4 rings (SSSR count). The maximum atomic E-state index is 13.0. The molecule has 7 nitrogen and oxygen atoms in total. The van der Waals surface area contributed by atoms with Gasteiger partial charge in [0.2, 0.25) is 11.9 Å². The van der Waals surface area contributed by atoms with E-state index in [4.69, 9.17) is 5.41 Å². The Morgan fingerprint density at radius 3 is 2.82 bits per heavy atom. The van der Waals surface area contributed by atoms with Gasteiger partial charge in [-0.15, -0.1) is 0 Å². The van der Waals surface area contributed by atoms with Crippen LogP contribution >= 0.6 is 0 Å². The Morgan fingerprint density at radius 2 is 2.18 bits per heavy atom. The van der Waals surface area contributed by atoms with E-state index >= 15 is 0 Å². The van der Waals surface area contributed by atoms with Crippen LogP contribution in [-0.4, -0.2) is 46.1 Å². The molecular formula is C21H28N6O. The number of nitrogens with one attached hydrogen (secondary N) is 3. The summed E-state index contributed by atoms with van der Waals surface area (Å²) >= 11 is 0. The first-order valence-corrected chi connectivity index (χ1v) is 9.94. The molecule has 2 bridgehead atoms. The molecule has 2 fully saturated rings. The molecule has 1 aliphatic carbocycles. The minimum absolute atomic E-state index is 0.168. The molecule has 3 heterocycles. The summed E-state index contributed by atoms with van der Waals surface area (Å²) < 4.78 is 0. The molecular weight excluding hydrogens is 352 g/mol. The summed E-state index contributed by atoms with van der Waals surface area (Å²) in [4.78, 5) is 24.0. The van der Waals surface area contributed by atoms with Crippen LogP contribution in [0.3, 0.4) is 0 Å². The summed E-state index contributed by atoms with van der Waals surface area (Å²) in [5, 5.41) is 13.4. The van der Waals surface area contributed by atoms with Gasteiger partial charge in [-0.1, -0.05) is 19.9 Å². The quantitative estimate of drug-likeness (QED) is 0.660. The van der Waals surface area contributed by atoms with Gasteiger partial charge in [-0.3, -0.25) is 4.79 Å². The van der Waals surface area contributed by atoms with Gasteiger partial charge in [0, 0.05) is 37.6 Å². The van der Waals surface area contributed by atoms with Crippen molar-refractivity contribution in [3.05, 3.63) is 35.9 Å². The van der Waals surface area contributed by atoms with Gasteiger partial charge in [-0.2, -0.15) is 0 Å². The summed E-state index contributed by atoms with van der Waals surface area (Å²) in [6, 6.07) is 2.39. The van der Waals surface area contributed by atoms with Gasteiger partial charge in [0.15, 0.2) is 0 Å². The molecule has 3 atom stereocenters. The highest BCUT2D eigenvalue weighted by Crippen LogP contribution is 2.54. The highest BCUT2D eigenvalue weighted by molar-refractivity contribution is 5.85. The molecule has 1 aromatic heterocycles. The van der Waals surface area contributed by atoms with E-state index in [1.54, 1.807) is 19.4 Å². The van der Waals surface area contributed by atoms with Crippen LogP contribution < -0.4 is 10.6 Å². The smallest absolute Gasteiger partial charge is 0.227 e. The van der Waals surface area contributed by atoms with Crippen molar-refractivity contribution >= 4 is 23.6 Å². The molecule has 3 N–H and O–H groups in total. The third-order valence-corrected chi connectivity index (χ3v) is 6.16. The Labute approximate surface area is 165 Å². The highest BCUT2D eigenvalue weighted by atomic mass is 16.2. The first-order valence-electron chi connectivity index (χ1n) is 9.94. The molecule has 3 aliphatic rings. The van der Waals surface area contributed by atoms with Crippen molar-refractivity contribution in [3.63, 3.8) is 0 Å². The lowest BCUT2D eigenvalue weighted by Gasteiger charge is -2.34. The van der Waals surface area contributed by atoms with Crippen molar-refractivity contribution in [2.75, 3.05) is 12.4 Å². The topological polar surface area (TPSA) is 94.0 Å². The number of hydrogen-bond acceptors (Lipinski definition) is 6. The molecule has 1 amide bonds. The van der Waals surface area contributed by atoms with Gasteiger partial charge < -0.3 is 20.9 Å². The van der Waals surface area contributed by atoms with Crippen molar-refractivity contribution in [1.29, 1.82) is 5.41 Å². The monoisotopic (exact) mass is 380 g/mol. The van der Waals surface area contributed by atoms with Crippen LogP contribution in [-0.2, 0) is 4.79 Å². The Morgan fingerprint density at radius 1 is 1.39 bits per heavy atom. The molecule has 1 saturated carbocycles. The van der Waals surface area contributed by atoms with E-state index in [-0.39, 0.29) is 23.4 Å². The predicted molar refractivity (Wildman–Crippen MR) is 110 cm³/mol. The second kappa shape index (κ2) is 7.04. The van der Waals surface area contributed by atoms with Gasteiger partial charge in [-0.05, 0) is 42.7 Å². The van der Waals surface area contributed by atoms with Gasteiger partial charge >= 0.3 is 0 Å². The average Bonchev–Trinajstić information content (AvgIpc) is 3.24. The Bertz CT molecular complexity index is 858. The molecule has 1 saturated heterocycles.